The highest BCUT2D eigenvalue weighted by atomic mass is 32.2. The summed E-state index contributed by atoms with van der Waals surface area (Å²) in [5.74, 6) is 1.09. The van der Waals surface area contributed by atoms with Gasteiger partial charge in [0.25, 0.3) is 0 Å². The lowest BCUT2D eigenvalue weighted by molar-refractivity contribution is 0.106. The van der Waals surface area contributed by atoms with Crippen LogP contribution in [0.1, 0.15) is 12.5 Å². The number of aryl methyl sites for hydroxylation is 1. The molecule has 0 saturated heterocycles. The maximum absolute atomic E-state index is 11.8. The van der Waals surface area contributed by atoms with E-state index in [1.807, 2.05) is 14.0 Å². The Bertz CT molecular complexity index is 869. The van der Waals surface area contributed by atoms with E-state index in [0.29, 0.717) is 23.3 Å². The zero-order valence-electron chi connectivity index (χ0n) is 16.3. The number of methoxy groups -OCH3 is 1. The number of aliphatic hydroxyl groups is 1. The molecular weight excluding hydrogens is 366 g/mol. The highest BCUT2D eigenvalue weighted by molar-refractivity contribution is 7.91. The van der Waals surface area contributed by atoms with Crippen LogP contribution in [0.4, 0.5) is 17.5 Å². The zero-order valence-corrected chi connectivity index (χ0v) is 17.1. The molecule has 0 saturated carbocycles. The Hall–Kier alpha value is -2.23. The van der Waals surface area contributed by atoms with Gasteiger partial charge in [0, 0.05) is 42.8 Å². The summed E-state index contributed by atoms with van der Waals surface area (Å²) in [7, 11) is 0.665. The fourth-order valence-electron chi connectivity index (χ4n) is 2.44. The van der Waals surface area contributed by atoms with Gasteiger partial charge in [0.2, 0.25) is 5.95 Å². The number of anilines is 3. The van der Waals surface area contributed by atoms with Gasteiger partial charge in [-0.25, -0.2) is 14.0 Å². The fraction of sp³-hybridized carbons (Fsp3) is 0.444. The van der Waals surface area contributed by atoms with Gasteiger partial charge in [0.05, 0.1) is 28.5 Å². The molecule has 1 unspecified atom stereocenters. The molecule has 1 heterocycles. The second kappa shape index (κ2) is 8.64. The molecule has 0 fully saturated rings. The summed E-state index contributed by atoms with van der Waals surface area (Å²) < 4.78 is 24.6. The number of nitrogens with one attached hydrogen (secondary N) is 2. The van der Waals surface area contributed by atoms with Crippen molar-refractivity contribution >= 4 is 27.2 Å². The summed E-state index contributed by atoms with van der Waals surface area (Å²) in [6.45, 7) is 3.93. The maximum atomic E-state index is 11.8. The monoisotopic (exact) mass is 393 g/mol. The van der Waals surface area contributed by atoms with Crippen molar-refractivity contribution in [3.8, 4) is 0 Å². The lowest BCUT2D eigenvalue weighted by Crippen LogP contribution is -2.36. The van der Waals surface area contributed by atoms with Crippen molar-refractivity contribution in [2.24, 2.45) is 0 Å². The molecule has 3 atom stereocenters. The predicted octanol–water partition coefficient (Wildman–Crippen LogP) is 2.40. The van der Waals surface area contributed by atoms with Crippen LogP contribution in [0.2, 0.25) is 0 Å². The highest BCUT2D eigenvalue weighted by Crippen LogP contribution is 2.24. The van der Waals surface area contributed by atoms with Gasteiger partial charge in [-0.2, -0.15) is 4.98 Å². The molecule has 148 valence electrons. The van der Waals surface area contributed by atoms with Crippen molar-refractivity contribution in [2.75, 3.05) is 37.2 Å². The van der Waals surface area contributed by atoms with Crippen LogP contribution >= 0.6 is 0 Å². The number of ether oxygens (including phenoxy) is 1. The number of aliphatic hydroxyl groups excluding tert-OH is 1. The number of rotatable bonds is 8. The average molecular weight is 394 g/mol. The zero-order chi connectivity index (χ0) is 20.2. The Morgan fingerprint density at radius 3 is 2.52 bits per heavy atom. The molecular formula is C18H27N5O3S. The molecule has 0 bridgehead atoms. The molecule has 0 amide bonds. The molecule has 0 aliphatic carbocycles. The minimum atomic E-state index is -2.74. The first kappa shape index (κ1) is 21.1. The first-order valence-electron chi connectivity index (χ1n) is 8.48. The van der Waals surface area contributed by atoms with E-state index < -0.39 is 15.8 Å². The maximum Gasteiger partial charge on any atom is 0.231 e. The molecule has 0 radical (unpaired) electrons. The largest absolute Gasteiger partial charge is 0.391 e. The third-order valence-electron chi connectivity index (χ3n) is 4.18. The quantitative estimate of drug-likeness (QED) is 0.631. The van der Waals surface area contributed by atoms with Crippen molar-refractivity contribution < 1.29 is 14.1 Å². The molecule has 0 spiro atoms. The second-order valence-corrected chi connectivity index (χ2v) is 8.70. The van der Waals surface area contributed by atoms with Gasteiger partial charge in [-0.05, 0) is 38.1 Å². The lowest BCUT2D eigenvalue weighted by atomic mass is 10.2. The van der Waals surface area contributed by atoms with Crippen LogP contribution in [0, 0.1) is 11.7 Å². The summed E-state index contributed by atoms with van der Waals surface area (Å²) in [6.07, 6.45) is 2.50. The second-order valence-electron chi connectivity index (χ2n) is 6.54. The molecule has 8 nitrogen and oxygen atoms in total. The van der Waals surface area contributed by atoms with Crippen LogP contribution in [0.25, 0.3) is 0 Å². The summed E-state index contributed by atoms with van der Waals surface area (Å²) in [5, 5.41) is 13.1. The normalized spacial score (nSPS) is 15.6. The third-order valence-corrected chi connectivity index (χ3v) is 5.36. The highest BCUT2D eigenvalue weighted by Gasteiger charge is 2.18. The molecule has 27 heavy (non-hydrogen) atoms. The van der Waals surface area contributed by atoms with Crippen LogP contribution in [0.15, 0.2) is 35.4 Å². The van der Waals surface area contributed by atoms with Gasteiger partial charge in [0.15, 0.2) is 0 Å². The van der Waals surface area contributed by atoms with Crippen LogP contribution < -0.4 is 10.2 Å². The number of aromatic nitrogens is 2. The van der Waals surface area contributed by atoms with Crippen LogP contribution in [-0.4, -0.2) is 58.4 Å². The Balaban J connectivity index is 2.28. The average Bonchev–Trinajstić information content (AvgIpc) is 2.61. The standard InChI is InChI=1S/C18H27N5O3S/c1-12-10-20-18(22-17(12)21-16(11-26-4)13(2)24)23(3)14-6-8-15(9-7-14)27(5,19)25/h6-10,13,16,19,24H,11H2,1-5H3,(H,20,21,22)/t13-,16-,27?/m1/s1. The van der Waals surface area contributed by atoms with Gasteiger partial charge < -0.3 is 20.1 Å². The van der Waals surface area contributed by atoms with E-state index in [1.54, 1.807) is 49.4 Å². The van der Waals surface area contributed by atoms with E-state index in [0.717, 1.165) is 11.3 Å². The van der Waals surface area contributed by atoms with E-state index in [9.17, 15) is 9.32 Å². The molecule has 1 aromatic heterocycles. The first-order valence-corrected chi connectivity index (χ1v) is 10.4. The van der Waals surface area contributed by atoms with Crippen LogP contribution in [0.5, 0.6) is 0 Å². The molecule has 2 aromatic rings. The molecule has 3 N–H and O–H groups in total. The number of nitrogens with zero attached hydrogens (tertiary/aromatic N) is 3. The van der Waals surface area contributed by atoms with Crippen molar-refractivity contribution in [1.82, 2.24) is 9.97 Å². The van der Waals surface area contributed by atoms with E-state index >= 15 is 0 Å². The van der Waals surface area contributed by atoms with E-state index in [4.69, 9.17) is 9.52 Å². The van der Waals surface area contributed by atoms with Gasteiger partial charge in [0.1, 0.15) is 5.82 Å². The van der Waals surface area contributed by atoms with Crippen molar-refractivity contribution in [3.05, 3.63) is 36.0 Å². The Labute approximate surface area is 160 Å². The van der Waals surface area contributed by atoms with Crippen molar-refractivity contribution in [2.45, 2.75) is 30.9 Å². The van der Waals surface area contributed by atoms with Crippen molar-refractivity contribution in [3.63, 3.8) is 0 Å². The minimum Gasteiger partial charge on any atom is -0.391 e. The Morgan fingerprint density at radius 1 is 1.37 bits per heavy atom. The third kappa shape index (κ3) is 5.38. The summed E-state index contributed by atoms with van der Waals surface area (Å²) in [4.78, 5) is 11.2. The molecule has 1 aromatic carbocycles. The summed E-state index contributed by atoms with van der Waals surface area (Å²) in [6, 6.07) is 6.63. The van der Waals surface area contributed by atoms with Gasteiger partial charge in [-0.3, -0.25) is 0 Å². The van der Waals surface area contributed by atoms with Crippen molar-refractivity contribution in [1.29, 1.82) is 4.78 Å². The number of hydrogen-bond donors (Lipinski definition) is 3. The van der Waals surface area contributed by atoms with Gasteiger partial charge in [-0.15, -0.1) is 0 Å². The predicted molar refractivity (Wildman–Crippen MR) is 107 cm³/mol. The molecule has 0 aliphatic heterocycles. The van der Waals surface area contributed by atoms with Crippen LogP contribution in [-0.2, 0) is 14.5 Å². The lowest BCUT2D eigenvalue weighted by Gasteiger charge is -2.24. The van der Waals surface area contributed by atoms with E-state index in [-0.39, 0.29) is 6.04 Å². The summed E-state index contributed by atoms with van der Waals surface area (Å²) >= 11 is 0. The Kier molecular flexibility index (Phi) is 6.74. The topological polar surface area (TPSA) is 111 Å². The number of benzene rings is 1. The Morgan fingerprint density at radius 2 is 2.00 bits per heavy atom. The van der Waals surface area contributed by atoms with E-state index in [2.05, 4.69) is 15.3 Å². The first-order chi connectivity index (χ1) is 12.6. The number of hydrogen-bond acceptors (Lipinski definition) is 8. The summed E-state index contributed by atoms with van der Waals surface area (Å²) in [5.41, 5.74) is 1.66. The van der Waals surface area contributed by atoms with Gasteiger partial charge >= 0.3 is 0 Å². The molecule has 9 heteroatoms. The SMILES string of the molecule is COC[C@@H](Nc1nc(N(C)c2ccc(S(C)(=N)=O)cc2)ncc1C)[C@@H](C)O. The fourth-order valence-corrected chi connectivity index (χ4v) is 3.10. The van der Waals surface area contributed by atoms with E-state index in [1.165, 1.54) is 6.26 Å². The molecule has 2 rings (SSSR count). The molecule has 0 aliphatic rings. The smallest absolute Gasteiger partial charge is 0.231 e. The van der Waals surface area contributed by atoms with Crippen LogP contribution in [0.3, 0.4) is 0 Å². The minimum absolute atomic E-state index is 0.296. The van der Waals surface area contributed by atoms with Gasteiger partial charge in [-0.1, -0.05) is 0 Å².